The van der Waals surface area contributed by atoms with Crippen LogP contribution in [0.4, 0.5) is 0 Å². The van der Waals surface area contributed by atoms with E-state index in [-0.39, 0.29) is 6.04 Å². The molecule has 0 aliphatic carbocycles. The van der Waals surface area contributed by atoms with Gasteiger partial charge in [-0.15, -0.1) is 0 Å². The molecular weight excluding hydrogens is 166 g/mol. The fourth-order valence-corrected chi connectivity index (χ4v) is 1.76. The third-order valence-corrected chi connectivity index (χ3v) is 2.75. The van der Waals surface area contributed by atoms with E-state index in [2.05, 4.69) is 0 Å². The molecule has 0 saturated heterocycles. The van der Waals surface area contributed by atoms with Crippen molar-refractivity contribution in [2.75, 3.05) is 6.54 Å². The molecular formula is C10H21NO2. The van der Waals surface area contributed by atoms with Crippen molar-refractivity contribution in [1.82, 2.24) is 4.90 Å². The third kappa shape index (κ3) is 2.44. The summed E-state index contributed by atoms with van der Waals surface area (Å²) in [5, 5.41) is 9.14. The molecule has 0 bridgehead atoms. The van der Waals surface area contributed by atoms with E-state index in [1.165, 1.54) is 0 Å². The number of rotatable bonds is 5. The van der Waals surface area contributed by atoms with E-state index in [4.69, 9.17) is 5.11 Å². The zero-order valence-corrected chi connectivity index (χ0v) is 9.29. The molecule has 78 valence electrons. The van der Waals surface area contributed by atoms with E-state index in [0.717, 1.165) is 6.54 Å². The minimum Gasteiger partial charge on any atom is -0.480 e. The summed E-state index contributed by atoms with van der Waals surface area (Å²) in [6.45, 7) is 10.5. The Balaban J connectivity index is 4.80. The minimum atomic E-state index is -0.731. The van der Waals surface area contributed by atoms with Crippen LogP contribution in [-0.2, 0) is 4.79 Å². The molecule has 0 aliphatic rings. The molecule has 1 N–H and O–H groups in total. The summed E-state index contributed by atoms with van der Waals surface area (Å²) in [5.74, 6) is -0.731. The zero-order chi connectivity index (χ0) is 10.6. The number of carboxylic acids is 1. The second kappa shape index (κ2) is 4.61. The van der Waals surface area contributed by atoms with Gasteiger partial charge in [-0.05, 0) is 33.7 Å². The first-order chi connectivity index (χ1) is 5.90. The topological polar surface area (TPSA) is 40.5 Å². The Hall–Kier alpha value is -0.570. The Kier molecular flexibility index (Phi) is 4.40. The van der Waals surface area contributed by atoms with E-state index in [1.54, 1.807) is 6.92 Å². The van der Waals surface area contributed by atoms with Crippen LogP contribution in [0.25, 0.3) is 0 Å². The molecule has 0 heterocycles. The van der Waals surface area contributed by atoms with Gasteiger partial charge < -0.3 is 5.11 Å². The molecule has 0 aromatic rings. The monoisotopic (exact) mass is 187 g/mol. The van der Waals surface area contributed by atoms with Crippen LogP contribution in [0.3, 0.4) is 0 Å². The van der Waals surface area contributed by atoms with Crippen LogP contribution in [0.2, 0.25) is 0 Å². The highest BCUT2D eigenvalue weighted by Crippen LogP contribution is 2.21. The second-order valence-electron chi connectivity index (χ2n) is 3.81. The highest BCUT2D eigenvalue weighted by molar-refractivity contribution is 5.78. The summed E-state index contributed by atoms with van der Waals surface area (Å²) >= 11 is 0. The lowest BCUT2D eigenvalue weighted by atomic mass is 9.95. The van der Waals surface area contributed by atoms with Crippen molar-refractivity contribution in [3.8, 4) is 0 Å². The lowest BCUT2D eigenvalue weighted by Crippen LogP contribution is -2.54. The molecule has 0 fully saturated rings. The number of nitrogens with zero attached hydrogens (tertiary/aromatic N) is 1. The van der Waals surface area contributed by atoms with E-state index in [0.29, 0.717) is 6.42 Å². The van der Waals surface area contributed by atoms with Crippen LogP contribution in [0.1, 0.15) is 41.0 Å². The standard InChI is InChI=1S/C10H21NO2/c1-6-10(5,9(12)13)11(7-2)8(3)4/h8H,6-7H2,1-5H3,(H,12,13). The van der Waals surface area contributed by atoms with E-state index in [9.17, 15) is 4.79 Å². The van der Waals surface area contributed by atoms with Crippen LogP contribution in [-0.4, -0.2) is 34.1 Å². The van der Waals surface area contributed by atoms with Gasteiger partial charge >= 0.3 is 5.97 Å². The van der Waals surface area contributed by atoms with Crippen LogP contribution < -0.4 is 0 Å². The van der Waals surface area contributed by atoms with Crippen molar-refractivity contribution < 1.29 is 9.90 Å². The first kappa shape index (κ1) is 12.4. The van der Waals surface area contributed by atoms with E-state index < -0.39 is 11.5 Å². The van der Waals surface area contributed by atoms with Crippen molar-refractivity contribution in [3.05, 3.63) is 0 Å². The first-order valence-corrected chi connectivity index (χ1v) is 4.90. The normalized spacial score (nSPS) is 16.2. The molecule has 0 saturated carbocycles. The van der Waals surface area contributed by atoms with Crippen molar-refractivity contribution >= 4 is 5.97 Å². The SMILES string of the molecule is CCN(C(C)C)C(C)(CC)C(=O)O. The van der Waals surface area contributed by atoms with Gasteiger partial charge in [0.1, 0.15) is 5.54 Å². The smallest absolute Gasteiger partial charge is 0.323 e. The van der Waals surface area contributed by atoms with E-state index >= 15 is 0 Å². The Morgan fingerprint density at radius 2 is 1.92 bits per heavy atom. The van der Waals surface area contributed by atoms with Gasteiger partial charge in [-0.2, -0.15) is 0 Å². The molecule has 3 heteroatoms. The van der Waals surface area contributed by atoms with Gasteiger partial charge in [-0.1, -0.05) is 13.8 Å². The van der Waals surface area contributed by atoms with Gasteiger partial charge in [0.2, 0.25) is 0 Å². The van der Waals surface area contributed by atoms with Gasteiger partial charge in [0.25, 0.3) is 0 Å². The summed E-state index contributed by atoms with van der Waals surface area (Å²) in [7, 11) is 0. The van der Waals surface area contributed by atoms with Crippen molar-refractivity contribution in [2.45, 2.75) is 52.6 Å². The first-order valence-electron chi connectivity index (χ1n) is 4.90. The highest BCUT2D eigenvalue weighted by atomic mass is 16.4. The molecule has 3 nitrogen and oxygen atoms in total. The Morgan fingerprint density at radius 1 is 1.46 bits per heavy atom. The van der Waals surface area contributed by atoms with Gasteiger partial charge in [0.05, 0.1) is 0 Å². The largest absolute Gasteiger partial charge is 0.480 e. The van der Waals surface area contributed by atoms with Crippen molar-refractivity contribution in [1.29, 1.82) is 0 Å². The van der Waals surface area contributed by atoms with Gasteiger partial charge in [0, 0.05) is 6.04 Å². The summed E-state index contributed by atoms with van der Waals surface area (Å²) < 4.78 is 0. The van der Waals surface area contributed by atoms with Gasteiger partial charge in [-0.25, -0.2) is 0 Å². The highest BCUT2D eigenvalue weighted by Gasteiger charge is 2.38. The predicted octanol–water partition coefficient (Wildman–Crippen LogP) is 1.97. The minimum absolute atomic E-state index is 0.269. The van der Waals surface area contributed by atoms with Crippen molar-refractivity contribution in [2.24, 2.45) is 0 Å². The van der Waals surface area contributed by atoms with Crippen molar-refractivity contribution in [3.63, 3.8) is 0 Å². The molecule has 1 atom stereocenters. The maximum atomic E-state index is 11.1. The van der Waals surface area contributed by atoms with Gasteiger partial charge in [0.15, 0.2) is 0 Å². The number of carboxylic acid groups (broad SMARTS) is 1. The molecule has 0 spiro atoms. The van der Waals surface area contributed by atoms with Crippen LogP contribution in [0, 0.1) is 0 Å². The maximum absolute atomic E-state index is 11.1. The number of hydrogen-bond donors (Lipinski definition) is 1. The van der Waals surface area contributed by atoms with Crippen LogP contribution >= 0.6 is 0 Å². The number of aliphatic carboxylic acids is 1. The van der Waals surface area contributed by atoms with Gasteiger partial charge in [-0.3, -0.25) is 9.69 Å². The molecule has 0 radical (unpaired) electrons. The van der Waals surface area contributed by atoms with Crippen LogP contribution in [0.15, 0.2) is 0 Å². The Morgan fingerprint density at radius 3 is 2.00 bits per heavy atom. The predicted molar refractivity (Wildman–Crippen MR) is 53.8 cm³/mol. The summed E-state index contributed by atoms with van der Waals surface area (Å²) in [5.41, 5.74) is -0.719. The zero-order valence-electron chi connectivity index (χ0n) is 9.29. The fourth-order valence-electron chi connectivity index (χ4n) is 1.76. The summed E-state index contributed by atoms with van der Waals surface area (Å²) in [6, 6.07) is 0.269. The number of hydrogen-bond acceptors (Lipinski definition) is 2. The lowest BCUT2D eigenvalue weighted by Gasteiger charge is -2.39. The Bertz CT molecular complexity index is 180. The number of carbonyl (C=O) groups is 1. The summed E-state index contributed by atoms with van der Waals surface area (Å²) in [4.78, 5) is 13.1. The fraction of sp³-hybridized carbons (Fsp3) is 0.900. The number of likely N-dealkylation sites (N-methyl/N-ethyl adjacent to an activating group) is 1. The quantitative estimate of drug-likeness (QED) is 0.715. The lowest BCUT2D eigenvalue weighted by molar-refractivity contribution is -0.152. The molecule has 13 heavy (non-hydrogen) atoms. The molecule has 1 unspecified atom stereocenters. The Labute approximate surface area is 80.7 Å². The maximum Gasteiger partial charge on any atom is 0.323 e. The third-order valence-electron chi connectivity index (χ3n) is 2.75. The molecule has 0 aromatic heterocycles. The summed E-state index contributed by atoms with van der Waals surface area (Å²) in [6.07, 6.45) is 0.633. The molecule has 0 amide bonds. The average molecular weight is 187 g/mol. The molecule has 0 rings (SSSR count). The van der Waals surface area contributed by atoms with Crippen LogP contribution in [0.5, 0.6) is 0 Å². The molecule has 0 aliphatic heterocycles. The van der Waals surface area contributed by atoms with E-state index in [1.807, 2.05) is 32.6 Å². The second-order valence-corrected chi connectivity index (χ2v) is 3.81. The average Bonchev–Trinajstić information content (AvgIpc) is 2.04. The molecule has 0 aromatic carbocycles.